The number of hydrogen-bond donors (Lipinski definition) is 2. The molecule has 4 nitrogen and oxygen atoms in total. The van der Waals surface area contributed by atoms with E-state index in [0.717, 1.165) is 11.3 Å². The molecule has 0 aromatic heterocycles. The van der Waals surface area contributed by atoms with Crippen LogP contribution in [0, 0.1) is 6.92 Å². The van der Waals surface area contributed by atoms with Crippen LogP contribution in [0.15, 0.2) is 48.5 Å². The van der Waals surface area contributed by atoms with E-state index in [-0.39, 0.29) is 12.5 Å². The second-order valence-electron chi connectivity index (χ2n) is 4.42. The van der Waals surface area contributed by atoms with E-state index in [9.17, 15) is 4.79 Å². The van der Waals surface area contributed by atoms with E-state index in [1.807, 2.05) is 55.5 Å². The van der Waals surface area contributed by atoms with E-state index in [1.54, 1.807) is 7.11 Å². The first kappa shape index (κ1) is 13.9. The van der Waals surface area contributed by atoms with Crippen LogP contribution in [0.4, 0.5) is 11.4 Å². The van der Waals surface area contributed by atoms with Crippen LogP contribution in [0.1, 0.15) is 5.56 Å². The van der Waals surface area contributed by atoms with Crippen LogP contribution < -0.4 is 15.4 Å². The highest BCUT2D eigenvalue weighted by molar-refractivity contribution is 5.95. The molecule has 4 heteroatoms. The van der Waals surface area contributed by atoms with E-state index < -0.39 is 0 Å². The van der Waals surface area contributed by atoms with Gasteiger partial charge in [0, 0.05) is 5.69 Å². The molecular formula is C16H18N2O2. The van der Waals surface area contributed by atoms with E-state index >= 15 is 0 Å². The maximum Gasteiger partial charge on any atom is 0.243 e. The first-order chi connectivity index (χ1) is 9.70. The minimum absolute atomic E-state index is 0.113. The number of carbonyl (C=O) groups is 1. The summed E-state index contributed by atoms with van der Waals surface area (Å²) in [6.45, 7) is 2.21. The Hall–Kier alpha value is -2.49. The Kier molecular flexibility index (Phi) is 4.60. The zero-order valence-electron chi connectivity index (χ0n) is 11.6. The lowest BCUT2D eigenvalue weighted by molar-refractivity contribution is -0.114. The predicted molar refractivity (Wildman–Crippen MR) is 81.3 cm³/mol. The summed E-state index contributed by atoms with van der Waals surface area (Å²) in [6, 6.07) is 15.2. The van der Waals surface area contributed by atoms with Crippen molar-refractivity contribution < 1.29 is 9.53 Å². The van der Waals surface area contributed by atoms with Gasteiger partial charge < -0.3 is 15.4 Å². The summed E-state index contributed by atoms with van der Waals surface area (Å²) < 4.78 is 5.19. The number of amides is 1. The highest BCUT2D eigenvalue weighted by Gasteiger charge is 2.06. The van der Waals surface area contributed by atoms with Crippen LogP contribution in [-0.2, 0) is 4.79 Å². The van der Waals surface area contributed by atoms with Crippen LogP contribution >= 0.6 is 0 Å². The summed E-state index contributed by atoms with van der Waals surface area (Å²) >= 11 is 0. The van der Waals surface area contributed by atoms with Crippen LogP contribution in [0.25, 0.3) is 0 Å². The lowest BCUT2D eigenvalue weighted by atomic mass is 10.2. The van der Waals surface area contributed by atoms with Gasteiger partial charge in [-0.1, -0.05) is 30.3 Å². The predicted octanol–water partition coefficient (Wildman–Crippen LogP) is 3.05. The van der Waals surface area contributed by atoms with Gasteiger partial charge in [0.25, 0.3) is 0 Å². The number of ether oxygens (including phenoxy) is 1. The fourth-order valence-corrected chi connectivity index (χ4v) is 1.89. The van der Waals surface area contributed by atoms with Crippen LogP contribution in [0.3, 0.4) is 0 Å². The van der Waals surface area contributed by atoms with Gasteiger partial charge in [-0.25, -0.2) is 0 Å². The first-order valence-corrected chi connectivity index (χ1v) is 6.43. The Morgan fingerprint density at radius 3 is 2.40 bits per heavy atom. The Bertz CT molecular complexity index is 597. The molecule has 0 saturated carbocycles. The number of para-hydroxylation sites is 3. The van der Waals surface area contributed by atoms with Crippen LogP contribution in [0.2, 0.25) is 0 Å². The van der Waals surface area contributed by atoms with Crippen molar-refractivity contribution in [3.8, 4) is 5.75 Å². The topological polar surface area (TPSA) is 50.4 Å². The second kappa shape index (κ2) is 6.61. The van der Waals surface area contributed by atoms with Crippen molar-refractivity contribution in [1.29, 1.82) is 0 Å². The van der Waals surface area contributed by atoms with Gasteiger partial charge in [-0.15, -0.1) is 0 Å². The molecule has 0 saturated heterocycles. The van der Waals surface area contributed by atoms with Gasteiger partial charge in [-0.05, 0) is 30.7 Å². The van der Waals surface area contributed by atoms with Gasteiger partial charge in [0.05, 0.1) is 19.3 Å². The highest BCUT2D eigenvalue weighted by atomic mass is 16.5. The molecule has 0 radical (unpaired) electrons. The van der Waals surface area contributed by atoms with Gasteiger partial charge in [0.2, 0.25) is 5.91 Å². The van der Waals surface area contributed by atoms with Gasteiger partial charge >= 0.3 is 0 Å². The zero-order valence-corrected chi connectivity index (χ0v) is 11.6. The molecule has 2 rings (SSSR count). The van der Waals surface area contributed by atoms with Crippen molar-refractivity contribution in [2.24, 2.45) is 0 Å². The average Bonchev–Trinajstić information content (AvgIpc) is 2.47. The number of methoxy groups -OCH3 is 1. The summed E-state index contributed by atoms with van der Waals surface area (Å²) in [7, 11) is 1.58. The third-order valence-corrected chi connectivity index (χ3v) is 2.97. The molecule has 104 valence electrons. The Labute approximate surface area is 118 Å². The molecular weight excluding hydrogens is 252 g/mol. The number of anilines is 2. The quantitative estimate of drug-likeness (QED) is 0.878. The molecule has 0 bridgehead atoms. The third kappa shape index (κ3) is 3.51. The normalized spacial score (nSPS) is 9.90. The molecule has 0 fully saturated rings. The molecule has 0 aliphatic heterocycles. The maximum absolute atomic E-state index is 11.9. The summed E-state index contributed by atoms with van der Waals surface area (Å²) in [5.74, 6) is 0.537. The molecule has 2 N–H and O–H groups in total. The van der Waals surface area contributed by atoms with Gasteiger partial charge in [-0.3, -0.25) is 4.79 Å². The van der Waals surface area contributed by atoms with Gasteiger partial charge in [0.1, 0.15) is 5.75 Å². The Morgan fingerprint density at radius 1 is 1.05 bits per heavy atom. The third-order valence-electron chi connectivity index (χ3n) is 2.97. The van der Waals surface area contributed by atoms with E-state index in [0.29, 0.717) is 11.4 Å². The summed E-state index contributed by atoms with van der Waals surface area (Å²) in [4.78, 5) is 11.9. The Morgan fingerprint density at radius 2 is 1.70 bits per heavy atom. The van der Waals surface area contributed by atoms with E-state index in [1.165, 1.54) is 0 Å². The van der Waals surface area contributed by atoms with Crippen molar-refractivity contribution in [3.05, 3.63) is 54.1 Å². The van der Waals surface area contributed by atoms with Crippen molar-refractivity contribution in [2.75, 3.05) is 24.3 Å². The van der Waals surface area contributed by atoms with E-state index in [4.69, 9.17) is 4.74 Å². The minimum atomic E-state index is -0.113. The van der Waals surface area contributed by atoms with Crippen LogP contribution in [0.5, 0.6) is 5.75 Å². The largest absolute Gasteiger partial charge is 0.495 e. The van der Waals surface area contributed by atoms with Gasteiger partial charge in [-0.2, -0.15) is 0 Å². The number of rotatable bonds is 5. The smallest absolute Gasteiger partial charge is 0.243 e. The second-order valence-corrected chi connectivity index (χ2v) is 4.42. The first-order valence-electron chi connectivity index (χ1n) is 6.43. The lowest BCUT2D eigenvalue weighted by Gasteiger charge is -2.11. The number of aryl methyl sites for hydroxylation is 1. The standard InChI is InChI=1S/C16H18N2O2/c1-12-7-3-4-8-13(12)17-11-16(19)18-14-9-5-6-10-15(14)20-2/h3-10,17H,11H2,1-2H3,(H,18,19). The summed E-state index contributed by atoms with van der Waals surface area (Å²) in [5, 5.41) is 5.94. The summed E-state index contributed by atoms with van der Waals surface area (Å²) in [5.41, 5.74) is 2.74. The van der Waals surface area contributed by atoms with Gasteiger partial charge in [0.15, 0.2) is 0 Å². The number of benzene rings is 2. The molecule has 0 atom stereocenters. The molecule has 0 spiro atoms. The SMILES string of the molecule is COc1ccccc1NC(=O)CNc1ccccc1C. The Balaban J connectivity index is 1.95. The average molecular weight is 270 g/mol. The van der Waals surface area contributed by atoms with Crippen molar-refractivity contribution in [2.45, 2.75) is 6.92 Å². The van der Waals surface area contributed by atoms with Crippen molar-refractivity contribution >= 4 is 17.3 Å². The zero-order chi connectivity index (χ0) is 14.4. The molecule has 2 aromatic rings. The fraction of sp³-hybridized carbons (Fsp3) is 0.188. The molecule has 0 aliphatic rings. The lowest BCUT2D eigenvalue weighted by Crippen LogP contribution is -2.22. The molecule has 2 aromatic carbocycles. The molecule has 0 heterocycles. The number of carbonyl (C=O) groups excluding carboxylic acids is 1. The molecule has 0 unspecified atom stereocenters. The summed E-state index contributed by atoms with van der Waals surface area (Å²) in [6.07, 6.45) is 0. The molecule has 20 heavy (non-hydrogen) atoms. The van der Waals surface area contributed by atoms with E-state index in [2.05, 4.69) is 10.6 Å². The van der Waals surface area contributed by atoms with Crippen molar-refractivity contribution in [1.82, 2.24) is 0 Å². The molecule has 0 aliphatic carbocycles. The monoisotopic (exact) mass is 270 g/mol. The minimum Gasteiger partial charge on any atom is -0.495 e. The maximum atomic E-state index is 11.9. The van der Waals surface area contributed by atoms with Crippen LogP contribution in [-0.4, -0.2) is 19.6 Å². The fourth-order valence-electron chi connectivity index (χ4n) is 1.89. The van der Waals surface area contributed by atoms with Crippen molar-refractivity contribution in [3.63, 3.8) is 0 Å². The molecule has 1 amide bonds. The highest BCUT2D eigenvalue weighted by Crippen LogP contribution is 2.22. The number of nitrogens with one attached hydrogen (secondary N) is 2. The number of hydrogen-bond acceptors (Lipinski definition) is 3.